The maximum atomic E-state index is 13.8. The van der Waals surface area contributed by atoms with Crippen LogP contribution in [0.25, 0.3) is 0 Å². The number of likely N-dealkylation sites (tertiary alicyclic amines) is 1. The van der Waals surface area contributed by atoms with Gasteiger partial charge in [-0.25, -0.2) is 9.59 Å². The van der Waals surface area contributed by atoms with Gasteiger partial charge in [0.2, 0.25) is 0 Å². The standard InChI is InChI=1S/C28H33F6N3O3/c1-17(19-14-20(27(29,30)31)16-21(15-19)28(32,33)34)36(5)25(39)37-13-9-12-22(35-24(38)40-26(2,3)4)23(37)18-10-7-6-8-11-18/h6-8,10-11,14-17,22-23H,9,12-13H2,1-5H3,(H,35,38)/t17?,22-,23+/m0/s1. The number of hydrogen-bond acceptors (Lipinski definition) is 3. The molecular weight excluding hydrogens is 540 g/mol. The number of rotatable bonds is 4. The fourth-order valence-corrected chi connectivity index (χ4v) is 4.69. The van der Waals surface area contributed by atoms with E-state index in [2.05, 4.69) is 5.32 Å². The zero-order chi connectivity index (χ0) is 30.0. The normalized spacial score (nSPS) is 19.1. The van der Waals surface area contributed by atoms with Crippen molar-refractivity contribution in [2.45, 2.75) is 76.6 Å². The lowest BCUT2D eigenvalue weighted by atomic mass is 9.90. The zero-order valence-electron chi connectivity index (χ0n) is 22.9. The summed E-state index contributed by atoms with van der Waals surface area (Å²) in [5, 5.41) is 2.83. The van der Waals surface area contributed by atoms with E-state index in [0.717, 1.165) is 4.90 Å². The average molecular weight is 574 g/mol. The third-order valence-electron chi connectivity index (χ3n) is 6.70. The summed E-state index contributed by atoms with van der Waals surface area (Å²) < 4.78 is 86.0. The predicted octanol–water partition coefficient (Wildman–Crippen LogP) is 7.57. The van der Waals surface area contributed by atoms with Gasteiger partial charge in [0, 0.05) is 13.6 Å². The van der Waals surface area contributed by atoms with E-state index in [9.17, 15) is 35.9 Å². The minimum atomic E-state index is -5.01. The number of nitrogens with one attached hydrogen (secondary N) is 1. The monoisotopic (exact) mass is 573 g/mol. The number of carbonyl (C=O) groups excluding carboxylic acids is 2. The molecule has 0 aromatic heterocycles. The van der Waals surface area contributed by atoms with Crippen LogP contribution in [0.3, 0.4) is 0 Å². The number of ether oxygens (including phenoxy) is 1. The van der Waals surface area contributed by atoms with Crippen LogP contribution in [-0.4, -0.2) is 47.2 Å². The van der Waals surface area contributed by atoms with Gasteiger partial charge in [-0.2, -0.15) is 26.3 Å². The first-order chi connectivity index (χ1) is 18.4. The number of carbonyl (C=O) groups is 2. The van der Waals surface area contributed by atoms with E-state index in [1.165, 1.54) is 18.9 Å². The van der Waals surface area contributed by atoms with Crippen molar-refractivity contribution in [1.82, 2.24) is 15.1 Å². The first kappa shape index (κ1) is 31.1. The lowest BCUT2D eigenvalue weighted by Gasteiger charge is -2.44. The third-order valence-corrected chi connectivity index (χ3v) is 6.70. The molecule has 1 fully saturated rings. The highest BCUT2D eigenvalue weighted by atomic mass is 19.4. The van der Waals surface area contributed by atoms with Crippen molar-refractivity contribution in [3.05, 3.63) is 70.8 Å². The van der Waals surface area contributed by atoms with Crippen molar-refractivity contribution in [3.8, 4) is 0 Å². The molecule has 1 heterocycles. The Morgan fingerprint density at radius 1 is 0.975 bits per heavy atom. The van der Waals surface area contributed by atoms with E-state index in [1.54, 1.807) is 51.1 Å². The number of hydrogen-bond donors (Lipinski definition) is 1. The van der Waals surface area contributed by atoms with Crippen LogP contribution in [0.4, 0.5) is 35.9 Å². The highest BCUT2D eigenvalue weighted by Gasteiger charge is 2.41. The molecule has 2 aromatic rings. The minimum absolute atomic E-state index is 0.0566. The Morgan fingerprint density at radius 2 is 1.52 bits per heavy atom. The summed E-state index contributed by atoms with van der Waals surface area (Å²) >= 11 is 0. The molecule has 0 spiro atoms. The van der Waals surface area contributed by atoms with Crippen LogP contribution in [0.5, 0.6) is 0 Å². The molecule has 0 radical (unpaired) electrons. The Bertz CT molecular complexity index is 1160. The van der Waals surface area contributed by atoms with Crippen molar-refractivity contribution < 1.29 is 40.7 Å². The fourth-order valence-electron chi connectivity index (χ4n) is 4.69. The first-order valence-corrected chi connectivity index (χ1v) is 12.8. The summed E-state index contributed by atoms with van der Waals surface area (Å²) in [5.74, 6) is 0. The quantitative estimate of drug-likeness (QED) is 0.384. The molecule has 3 atom stereocenters. The molecule has 12 heteroatoms. The molecule has 1 aliphatic heterocycles. The number of amides is 3. The number of halogens is 6. The van der Waals surface area contributed by atoms with Gasteiger partial charge in [0.15, 0.2) is 0 Å². The van der Waals surface area contributed by atoms with Crippen molar-refractivity contribution in [3.63, 3.8) is 0 Å². The second-order valence-electron chi connectivity index (χ2n) is 10.9. The van der Waals surface area contributed by atoms with Gasteiger partial charge in [-0.1, -0.05) is 30.3 Å². The van der Waals surface area contributed by atoms with Crippen LogP contribution in [0.1, 0.15) is 74.9 Å². The molecule has 0 saturated carbocycles. The van der Waals surface area contributed by atoms with Crippen LogP contribution in [0.2, 0.25) is 0 Å². The van der Waals surface area contributed by atoms with Gasteiger partial charge < -0.3 is 19.9 Å². The molecule has 3 amide bonds. The largest absolute Gasteiger partial charge is 0.444 e. The Hall–Kier alpha value is -3.44. The number of alkyl halides is 6. The molecule has 0 aliphatic carbocycles. The summed E-state index contributed by atoms with van der Waals surface area (Å²) in [6.45, 7) is 6.77. The van der Waals surface area contributed by atoms with Gasteiger partial charge in [0.1, 0.15) is 5.60 Å². The molecule has 2 aromatic carbocycles. The molecule has 1 N–H and O–H groups in total. The number of nitrogens with zero attached hydrogens (tertiary/aromatic N) is 2. The highest BCUT2D eigenvalue weighted by molar-refractivity contribution is 5.76. The highest BCUT2D eigenvalue weighted by Crippen LogP contribution is 2.39. The van der Waals surface area contributed by atoms with Crippen LogP contribution in [0, 0.1) is 0 Å². The van der Waals surface area contributed by atoms with E-state index in [-0.39, 0.29) is 18.2 Å². The van der Waals surface area contributed by atoms with Gasteiger partial charge in [0.05, 0.1) is 29.3 Å². The number of urea groups is 1. The molecule has 3 rings (SSSR count). The molecule has 6 nitrogen and oxygen atoms in total. The topological polar surface area (TPSA) is 61.9 Å². The van der Waals surface area contributed by atoms with E-state index in [1.807, 2.05) is 0 Å². The minimum Gasteiger partial charge on any atom is -0.444 e. The SMILES string of the molecule is CC(c1cc(C(F)(F)F)cc(C(F)(F)F)c1)N(C)C(=O)N1CCC[C@H](NC(=O)OC(C)(C)C)[C@H]1c1ccccc1. The van der Waals surface area contributed by atoms with Gasteiger partial charge in [-0.05, 0) is 69.9 Å². The number of piperidine rings is 1. The van der Waals surface area contributed by atoms with E-state index >= 15 is 0 Å². The Balaban J connectivity index is 1.95. The first-order valence-electron chi connectivity index (χ1n) is 12.8. The molecular formula is C28H33F6N3O3. The van der Waals surface area contributed by atoms with Crippen LogP contribution < -0.4 is 5.32 Å². The Morgan fingerprint density at radius 3 is 2.02 bits per heavy atom. The third kappa shape index (κ3) is 7.60. The average Bonchev–Trinajstić information content (AvgIpc) is 2.85. The molecule has 40 heavy (non-hydrogen) atoms. The summed E-state index contributed by atoms with van der Waals surface area (Å²) in [6, 6.07) is 7.25. The van der Waals surface area contributed by atoms with Gasteiger partial charge in [-0.3, -0.25) is 0 Å². The second-order valence-corrected chi connectivity index (χ2v) is 10.9. The molecule has 1 aliphatic rings. The Labute approximate surface area is 229 Å². The molecule has 0 bridgehead atoms. The molecule has 1 saturated heterocycles. The summed E-state index contributed by atoms with van der Waals surface area (Å²) in [4.78, 5) is 29.0. The van der Waals surface area contributed by atoms with E-state index < -0.39 is 59.3 Å². The van der Waals surface area contributed by atoms with Crippen molar-refractivity contribution in [2.75, 3.05) is 13.6 Å². The van der Waals surface area contributed by atoms with Crippen LogP contribution in [0.15, 0.2) is 48.5 Å². The lowest BCUT2D eigenvalue weighted by Crippen LogP contribution is -2.55. The van der Waals surface area contributed by atoms with Gasteiger partial charge in [0.25, 0.3) is 0 Å². The molecule has 1 unspecified atom stereocenters. The van der Waals surface area contributed by atoms with Crippen molar-refractivity contribution in [1.29, 1.82) is 0 Å². The zero-order valence-corrected chi connectivity index (χ0v) is 22.9. The number of benzene rings is 2. The smallest absolute Gasteiger partial charge is 0.416 e. The van der Waals surface area contributed by atoms with Crippen molar-refractivity contribution in [2.24, 2.45) is 0 Å². The summed E-state index contributed by atoms with van der Waals surface area (Å²) in [7, 11) is 1.33. The fraction of sp³-hybridized carbons (Fsp3) is 0.500. The van der Waals surface area contributed by atoms with Gasteiger partial charge in [-0.15, -0.1) is 0 Å². The maximum absolute atomic E-state index is 13.8. The van der Waals surface area contributed by atoms with Crippen LogP contribution in [-0.2, 0) is 17.1 Å². The maximum Gasteiger partial charge on any atom is 0.416 e. The lowest BCUT2D eigenvalue weighted by molar-refractivity contribution is -0.143. The summed E-state index contributed by atoms with van der Waals surface area (Å²) in [5.41, 5.74) is -3.27. The van der Waals surface area contributed by atoms with E-state index in [4.69, 9.17) is 4.74 Å². The number of alkyl carbamates (subject to hydrolysis) is 1. The van der Waals surface area contributed by atoms with Gasteiger partial charge >= 0.3 is 24.5 Å². The van der Waals surface area contributed by atoms with Crippen molar-refractivity contribution >= 4 is 12.1 Å². The Kier molecular flexibility index (Phi) is 9.00. The predicted molar refractivity (Wildman–Crippen MR) is 136 cm³/mol. The second kappa shape index (κ2) is 11.6. The molecule has 220 valence electrons. The van der Waals surface area contributed by atoms with E-state index in [0.29, 0.717) is 30.5 Å². The van der Waals surface area contributed by atoms with Crippen LogP contribution >= 0.6 is 0 Å². The summed E-state index contributed by atoms with van der Waals surface area (Å²) in [6.07, 6.45) is -9.67.